The second kappa shape index (κ2) is 6.55. The molecule has 0 aromatic rings. The molecule has 1 aliphatic rings. The van der Waals surface area contributed by atoms with Gasteiger partial charge >= 0.3 is 0 Å². The van der Waals surface area contributed by atoms with Gasteiger partial charge in [0.25, 0.3) is 0 Å². The summed E-state index contributed by atoms with van der Waals surface area (Å²) in [4.78, 5) is 0. The van der Waals surface area contributed by atoms with E-state index in [0.717, 1.165) is 5.92 Å². The number of hydrogen-bond acceptors (Lipinski definition) is 0. The van der Waals surface area contributed by atoms with Crippen LogP contribution in [0.5, 0.6) is 0 Å². The monoisotopic (exact) mass is 210 g/mol. The Kier molecular flexibility index (Phi) is 5.71. The molecule has 0 N–H and O–H groups in total. The van der Waals surface area contributed by atoms with Crippen molar-refractivity contribution in [1.29, 1.82) is 0 Å². The maximum Gasteiger partial charge on any atom is -0.0323 e. The zero-order valence-corrected chi connectivity index (χ0v) is 11.1. The molecule has 90 valence electrons. The molecular formula is C15H30. The summed E-state index contributed by atoms with van der Waals surface area (Å²) in [5.41, 5.74) is 0.702. The van der Waals surface area contributed by atoms with Crippen LogP contribution in [0.4, 0.5) is 0 Å². The quantitative estimate of drug-likeness (QED) is 0.503. The summed E-state index contributed by atoms with van der Waals surface area (Å²) in [6, 6.07) is 0. The first kappa shape index (κ1) is 13.1. The molecule has 2 atom stereocenters. The van der Waals surface area contributed by atoms with Crippen LogP contribution in [-0.2, 0) is 0 Å². The molecule has 0 heterocycles. The van der Waals surface area contributed by atoms with Crippen molar-refractivity contribution >= 4 is 0 Å². The van der Waals surface area contributed by atoms with Crippen LogP contribution in [0, 0.1) is 11.3 Å². The zero-order chi connectivity index (χ0) is 11.1. The Balaban J connectivity index is 2.31. The van der Waals surface area contributed by atoms with Gasteiger partial charge in [0.2, 0.25) is 0 Å². The standard InChI is InChI=1S/C15H30/c1-4-6-7-11-15(3)12-8-10-14(13-15)9-5-2/h14H,4-13H2,1-3H3. The second-order valence-electron chi connectivity index (χ2n) is 6.02. The SMILES string of the molecule is CCCCCC1(C)CCCC(CCC)C1. The topological polar surface area (TPSA) is 0 Å². The van der Waals surface area contributed by atoms with Gasteiger partial charge in [-0.2, -0.15) is 0 Å². The van der Waals surface area contributed by atoms with E-state index in [9.17, 15) is 0 Å². The van der Waals surface area contributed by atoms with Crippen molar-refractivity contribution in [3.8, 4) is 0 Å². The highest BCUT2D eigenvalue weighted by Gasteiger charge is 2.30. The van der Waals surface area contributed by atoms with E-state index in [-0.39, 0.29) is 0 Å². The van der Waals surface area contributed by atoms with Crippen molar-refractivity contribution in [3.63, 3.8) is 0 Å². The maximum absolute atomic E-state index is 2.55. The fourth-order valence-corrected chi connectivity index (χ4v) is 3.40. The number of unbranched alkanes of at least 4 members (excludes halogenated alkanes) is 2. The summed E-state index contributed by atoms with van der Waals surface area (Å²) in [5, 5.41) is 0. The Labute approximate surface area is 96.8 Å². The molecule has 15 heavy (non-hydrogen) atoms. The Morgan fingerprint density at radius 3 is 2.60 bits per heavy atom. The van der Waals surface area contributed by atoms with Crippen LogP contribution < -0.4 is 0 Å². The highest BCUT2D eigenvalue weighted by atomic mass is 14.4. The van der Waals surface area contributed by atoms with Crippen molar-refractivity contribution < 1.29 is 0 Å². The van der Waals surface area contributed by atoms with Gasteiger partial charge in [-0.05, 0) is 30.6 Å². The highest BCUT2D eigenvalue weighted by Crippen LogP contribution is 2.44. The van der Waals surface area contributed by atoms with Gasteiger partial charge in [-0.3, -0.25) is 0 Å². The zero-order valence-electron chi connectivity index (χ0n) is 11.1. The van der Waals surface area contributed by atoms with Gasteiger partial charge < -0.3 is 0 Å². The Morgan fingerprint density at radius 2 is 1.93 bits per heavy atom. The van der Waals surface area contributed by atoms with Crippen molar-refractivity contribution in [1.82, 2.24) is 0 Å². The molecule has 1 fully saturated rings. The minimum atomic E-state index is 0.702. The average molecular weight is 210 g/mol. The summed E-state index contributed by atoms with van der Waals surface area (Å²) < 4.78 is 0. The Bertz CT molecular complexity index is 159. The number of hydrogen-bond donors (Lipinski definition) is 0. The van der Waals surface area contributed by atoms with Gasteiger partial charge in [0, 0.05) is 0 Å². The first-order valence-electron chi connectivity index (χ1n) is 7.20. The lowest BCUT2D eigenvalue weighted by Crippen LogP contribution is -2.25. The van der Waals surface area contributed by atoms with Crippen LogP contribution in [0.3, 0.4) is 0 Å². The van der Waals surface area contributed by atoms with Gasteiger partial charge in [0.15, 0.2) is 0 Å². The molecule has 0 aliphatic heterocycles. The smallest absolute Gasteiger partial charge is 0.0323 e. The molecule has 0 nitrogen and oxygen atoms in total. The van der Waals surface area contributed by atoms with Crippen LogP contribution in [0.2, 0.25) is 0 Å². The van der Waals surface area contributed by atoms with Crippen molar-refractivity contribution in [3.05, 3.63) is 0 Å². The summed E-state index contributed by atoms with van der Waals surface area (Å²) in [6.45, 7) is 7.19. The first-order valence-corrected chi connectivity index (χ1v) is 7.20. The van der Waals surface area contributed by atoms with Crippen molar-refractivity contribution in [2.75, 3.05) is 0 Å². The van der Waals surface area contributed by atoms with E-state index in [4.69, 9.17) is 0 Å². The van der Waals surface area contributed by atoms with Gasteiger partial charge in [-0.15, -0.1) is 0 Å². The molecule has 0 amide bonds. The fraction of sp³-hybridized carbons (Fsp3) is 1.00. The molecule has 0 spiro atoms. The molecule has 1 rings (SSSR count). The Hall–Kier alpha value is 0. The molecule has 0 bridgehead atoms. The summed E-state index contributed by atoms with van der Waals surface area (Å²) in [6.07, 6.45) is 14.6. The van der Waals surface area contributed by atoms with E-state index < -0.39 is 0 Å². The van der Waals surface area contributed by atoms with Crippen molar-refractivity contribution in [2.45, 2.75) is 85.0 Å². The van der Waals surface area contributed by atoms with E-state index in [2.05, 4.69) is 20.8 Å². The van der Waals surface area contributed by atoms with Crippen LogP contribution in [0.1, 0.15) is 85.0 Å². The van der Waals surface area contributed by atoms with Gasteiger partial charge in [-0.1, -0.05) is 65.7 Å². The van der Waals surface area contributed by atoms with E-state index in [1.54, 1.807) is 0 Å². The highest BCUT2D eigenvalue weighted by molar-refractivity contribution is 4.82. The maximum atomic E-state index is 2.55. The summed E-state index contributed by atoms with van der Waals surface area (Å²) in [7, 11) is 0. The third kappa shape index (κ3) is 4.57. The lowest BCUT2D eigenvalue weighted by atomic mass is 9.67. The van der Waals surface area contributed by atoms with Gasteiger partial charge in [0.05, 0.1) is 0 Å². The fourth-order valence-electron chi connectivity index (χ4n) is 3.40. The van der Waals surface area contributed by atoms with Crippen molar-refractivity contribution in [2.24, 2.45) is 11.3 Å². The molecular weight excluding hydrogens is 180 g/mol. The number of rotatable bonds is 6. The first-order chi connectivity index (χ1) is 7.20. The van der Waals surface area contributed by atoms with Crippen LogP contribution in [-0.4, -0.2) is 0 Å². The van der Waals surface area contributed by atoms with E-state index >= 15 is 0 Å². The average Bonchev–Trinajstić information content (AvgIpc) is 2.18. The van der Waals surface area contributed by atoms with Crippen LogP contribution in [0.15, 0.2) is 0 Å². The van der Waals surface area contributed by atoms with E-state index in [1.807, 2.05) is 0 Å². The molecule has 1 saturated carbocycles. The Morgan fingerprint density at radius 1 is 1.13 bits per heavy atom. The predicted molar refractivity (Wildman–Crippen MR) is 69.1 cm³/mol. The molecule has 0 aromatic carbocycles. The molecule has 0 aromatic heterocycles. The third-order valence-corrected chi connectivity index (χ3v) is 4.25. The third-order valence-electron chi connectivity index (χ3n) is 4.25. The minimum Gasteiger partial charge on any atom is -0.0654 e. The predicted octanol–water partition coefficient (Wildman–Crippen LogP) is 5.56. The normalized spacial score (nSPS) is 31.8. The molecule has 0 radical (unpaired) electrons. The summed E-state index contributed by atoms with van der Waals surface area (Å²) in [5.74, 6) is 1.05. The molecule has 0 heteroatoms. The minimum absolute atomic E-state index is 0.702. The molecule has 1 aliphatic carbocycles. The summed E-state index contributed by atoms with van der Waals surface area (Å²) >= 11 is 0. The molecule has 0 saturated heterocycles. The van der Waals surface area contributed by atoms with Gasteiger partial charge in [0.1, 0.15) is 0 Å². The van der Waals surface area contributed by atoms with E-state index in [0.29, 0.717) is 5.41 Å². The van der Waals surface area contributed by atoms with Crippen LogP contribution in [0.25, 0.3) is 0 Å². The van der Waals surface area contributed by atoms with Gasteiger partial charge in [-0.25, -0.2) is 0 Å². The largest absolute Gasteiger partial charge is 0.0654 e. The second-order valence-corrected chi connectivity index (χ2v) is 6.02. The lowest BCUT2D eigenvalue weighted by molar-refractivity contribution is 0.136. The van der Waals surface area contributed by atoms with E-state index in [1.165, 1.54) is 64.2 Å². The van der Waals surface area contributed by atoms with Crippen LogP contribution >= 0.6 is 0 Å². The molecule has 2 unspecified atom stereocenters. The lowest BCUT2D eigenvalue weighted by Gasteiger charge is -2.38.